The summed E-state index contributed by atoms with van der Waals surface area (Å²) in [5, 5.41) is 0. The van der Waals surface area contributed by atoms with E-state index >= 15 is 0 Å². The van der Waals surface area contributed by atoms with E-state index in [0.717, 1.165) is 16.7 Å². The highest BCUT2D eigenvalue weighted by molar-refractivity contribution is 5.72. The number of hydrogen-bond acceptors (Lipinski definition) is 2. The van der Waals surface area contributed by atoms with Gasteiger partial charge in [0.15, 0.2) is 0 Å². The number of hydrogen-bond donors (Lipinski definition) is 1. The summed E-state index contributed by atoms with van der Waals surface area (Å²) in [4.78, 5) is 4.00. The van der Waals surface area contributed by atoms with Gasteiger partial charge in [-0.3, -0.25) is 4.98 Å². The molecule has 0 atom stereocenters. The molecule has 0 fully saturated rings. The molecular weight excluding hydrogens is 203 g/mol. The summed E-state index contributed by atoms with van der Waals surface area (Å²) >= 11 is 0. The van der Waals surface area contributed by atoms with Crippen molar-refractivity contribution in [1.29, 1.82) is 0 Å². The van der Waals surface area contributed by atoms with Gasteiger partial charge in [-0.15, -0.1) is 0 Å². The van der Waals surface area contributed by atoms with Crippen LogP contribution in [0.15, 0.2) is 30.6 Å². The van der Waals surface area contributed by atoms with Gasteiger partial charge in [-0.2, -0.15) is 0 Å². The predicted molar refractivity (Wildman–Crippen MR) is 63.5 cm³/mol. The molecule has 0 radical (unpaired) electrons. The van der Waals surface area contributed by atoms with E-state index in [1.54, 1.807) is 24.5 Å². The van der Waals surface area contributed by atoms with E-state index in [4.69, 9.17) is 5.73 Å². The third kappa shape index (κ3) is 1.76. The van der Waals surface area contributed by atoms with Crippen LogP contribution in [0.25, 0.3) is 11.1 Å². The monoisotopic (exact) mass is 216 g/mol. The van der Waals surface area contributed by atoms with Gasteiger partial charge in [0.25, 0.3) is 0 Å². The van der Waals surface area contributed by atoms with Crippen molar-refractivity contribution in [3.63, 3.8) is 0 Å². The largest absolute Gasteiger partial charge is 0.397 e. The van der Waals surface area contributed by atoms with Crippen LogP contribution in [0.2, 0.25) is 0 Å². The molecule has 2 aromatic rings. The molecule has 2 rings (SSSR count). The molecule has 0 aliphatic rings. The Bertz CT molecular complexity index is 535. The summed E-state index contributed by atoms with van der Waals surface area (Å²) in [6, 6.07) is 5.01. The number of anilines is 1. The molecule has 0 amide bonds. The molecule has 1 heterocycles. The molecule has 0 aliphatic heterocycles. The maximum absolute atomic E-state index is 13.7. The van der Waals surface area contributed by atoms with E-state index in [9.17, 15) is 4.39 Å². The average molecular weight is 216 g/mol. The molecule has 82 valence electrons. The fraction of sp³-hybridized carbons (Fsp3) is 0.154. The highest BCUT2D eigenvalue weighted by atomic mass is 19.1. The first-order valence-electron chi connectivity index (χ1n) is 5.06. The molecule has 0 bridgehead atoms. The molecule has 2 nitrogen and oxygen atoms in total. The summed E-state index contributed by atoms with van der Waals surface area (Å²) in [5.74, 6) is -0.249. The van der Waals surface area contributed by atoms with Crippen molar-refractivity contribution in [2.24, 2.45) is 0 Å². The lowest BCUT2D eigenvalue weighted by Crippen LogP contribution is -1.95. The summed E-state index contributed by atoms with van der Waals surface area (Å²) in [5.41, 5.74) is 9.52. The molecule has 0 aliphatic carbocycles. The molecule has 16 heavy (non-hydrogen) atoms. The third-order valence-corrected chi connectivity index (χ3v) is 2.67. The highest BCUT2D eigenvalue weighted by Gasteiger charge is 2.09. The maximum atomic E-state index is 13.7. The van der Waals surface area contributed by atoms with Crippen LogP contribution in [0.4, 0.5) is 10.1 Å². The van der Waals surface area contributed by atoms with Crippen molar-refractivity contribution in [3.05, 3.63) is 47.5 Å². The van der Waals surface area contributed by atoms with Gasteiger partial charge in [-0.05, 0) is 31.5 Å². The van der Waals surface area contributed by atoms with Crippen LogP contribution in [0.5, 0.6) is 0 Å². The standard InChI is InChI=1S/C13H13FN2/c1-8-3-4-12(14)10(5-8)11-6-16-7-13(15)9(11)2/h3-7H,15H2,1-2H3. The van der Waals surface area contributed by atoms with Gasteiger partial charge in [0.05, 0.1) is 11.9 Å². The summed E-state index contributed by atoms with van der Waals surface area (Å²) in [6.45, 7) is 3.80. The number of aromatic nitrogens is 1. The van der Waals surface area contributed by atoms with Crippen molar-refractivity contribution in [2.45, 2.75) is 13.8 Å². The maximum Gasteiger partial charge on any atom is 0.131 e. The Morgan fingerprint density at radius 3 is 2.62 bits per heavy atom. The van der Waals surface area contributed by atoms with Crippen LogP contribution >= 0.6 is 0 Å². The first kappa shape index (κ1) is 10.6. The van der Waals surface area contributed by atoms with E-state index in [1.165, 1.54) is 6.07 Å². The average Bonchev–Trinajstić information content (AvgIpc) is 2.26. The number of nitrogens with two attached hydrogens (primary N) is 1. The second-order valence-corrected chi connectivity index (χ2v) is 3.88. The van der Waals surface area contributed by atoms with Crippen LogP contribution in [0, 0.1) is 19.7 Å². The third-order valence-electron chi connectivity index (χ3n) is 2.67. The highest BCUT2D eigenvalue weighted by Crippen LogP contribution is 2.28. The second kappa shape index (κ2) is 3.93. The number of benzene rings is 1. The Labute approximate surface area is 93.9 Å². The Morgan fingerprint density at radius 2 is 1.88 bits per heavy atom. The molecule has 1 aromatic heterocycles. The number of rotatable bonds is 1. The van der Waals surface area contributed by atoms with Gasteiger partial charge in [0, 0.05) is 17.3 Å². The molecule has 2 N–H and O–H groups in total. The first-order chi connectivity index (χ1) is 7.59. The van der Waals surface area contributed by atoms with Gasteiger partial charge >= 0.3 is 0 Å². The van der Waals surface area contributed by atoms with Crippen molar-refractivity contribution < 1.29 is 4.39 Å². The number of pyridine rings is 1. The first-order valence-corrected chi connectivity index (χ1v) is 5.06. The van der Waals surface area contributed by atoms with Crippen LogP contribution in [0.3, 0.4) is 0 Å². The fourth-order valence-electron chi connectivity index (χ4n) is 1.66. The van der Waals surface area contributed by atoms with E-state index in [1.807, 2.05) is 13.8 Å². The molecule has 0 saturated carbocycles. The number of nitrogen functional groups attached to an aromatic ring is 1. The SMILES string of the molecule is Cc1ccc(F)c(-c2cncc(N)c2C)c1. The number of halogens is 1. The Balaban J connectivity index is 2.67. The molecule has 3 heteroatoms. The molecule has 1 aromatic carbocycles. The minimum absolute atomic E-state index is 0.249. The Morgan fingerprint density at radius 1 is 1.12 bits per heavy atom. The minimum atomic E-state index is -0.249. The predicted octanol–water partition coefficient (Wildman–Crippen LogP) is 3.09. The van der Waals surface area contributed by atoms with E-state index in [-0.39, 0.29) is 5.82 Å². The number of nitrogens with zero attached hydrogens (tertiary/aromatic N) is 1. The van der Waals surface area contributed by atoms with Gasteiger partial charge in [0.2, 0.25) is 0 Å². The Kier molecular flexibility index (Phi) is 2.60. The zero-order valence-corrected chi connectivity index (χ0v) is 9.29. The normalized spacial score (nSPS) is 10.4. The van der Waals surface area contributed by atoms with Crippen molar-refractivity contribution >= 4 is 5.69 Å². The molecular formula is C13H13FN2. The zero-order valence-electron chi connectivity index (χ0n) is 9.29. The van der Waals surface area contributed by atoms with Crippen LogP contribution in [0.1, 0.15) is 11.1 Å². The van der Waals surface area contributed by atoms with Gasteiger partial charge in [-0.1, -0.05) is 11.6 Å². The molecule has 0 unspecified atom stereocenters. The molecule has 0 spiro atoms. The second-order valence-electron chi connectivity index (χ2n) is 3.88. The van der Waals surface area contributed by atoms with Crippen molar-refractivity contribution in [3.8, 4) is 11.1 Å². The topological polar surface area (TPSA) is 38.9 Å². The summed E-state index contributed by atoms with van der Waals surface area (Å²) in [7, 11) is 0. The smallest absolute Gasteiger partial charge is 0.131 e. The lowest BCUT2D eigenvalue weighted by Gasteiger charge is -2.09. The van der Waals surface area contributed by atoms with Crippen LogP contribution in [-0.2, 0) is 0 Å². The van der Waals surface area contributed by atoms with Crippen molar-refractivity contribution in [2.75, 3.05) is 5.73 Å². The minimum Gasteiger partial charge on any atom is -0.397 e. The van der Waals surface area contributed by atoms with E-state index in [0.29, 0.717) is 11.3 Å². The lowest BCUT2D eigenvalue weighted by atomic mass is 10.00. The number of aryl methyl sites for hydroxylation is 1. The van der Waals surface area contributed by atoms with Gasteiger partial charge < -0.3 is 5.73 Å². The summed E-state index contributed by atoms with van der Waals surface area (Å²) in [6.07, 6.45) is 3.22. The summed E-state index contributed by atoms with van der Waals surface area (Å²) < 4.78 is 13.7. The molecule has 0 saturated heterocycles. The van der Waals surface area contributed by atoms with Crippen LogP contribution < -0.4 is 5.73 Å². The van der Waals surface area contributed by atoms with E-state index in [2.05, 4.69) is 4.98 Å². The quantitative estimate of drug-likeness (QED) is 0.795. The van der Waals surface area contributed by atoms with E-state index < -0.39 is 0 Å². The Hall–Kier alpha value is -1.90. The van der Waals surface area contributed by atoms with Crippen molar-refractivity contribution in [1.82, 2.24) is 4.98 Å². The lowest BCUT2D eigenvalue weighted by molar-refractivity contribution is 0.630. The van der Waals surface area contributed by atoms with Gasteiger partial charge in [0.1, 0.15) is 5.82 Å². The zero-order chi connectivity index (χ0) is 11.7. The van der Waals surface area contributed by atoms with Crippen LogP contribution in [-0.4, -0.2) is 4.98 Å². The fourth-order valence-corrected chi connectivity index (χ4v) is 1.66. The van der Waals surface area contributed by atoms with Gasteiger partial charge in [-0.25, -0.2) is 4.39 Å².